The van der Waals surface area contributed by atoms with Crippen LogP contribution >= 0.6 is 0 Å². The number of nitrogens with zero attached hydrogens (tertiary/aromatic N) is 2. The summed E-state index contributed by atoms with van der Waals surface area (Å²) in [6.45, 7) is 1.50. The van der Waals surface area contributed by atoms with E-state index >= 15 is 0 Å². The molecule has 2 aromatic carbocycles. The van der Waals surface area contributed by atoms with Crippen molar-refractivity contribution in [2.24, 2.45) is 5.92 Å². The van der Waals surface area contributed by atoms with E-state index in [1.165, 1.54) is 7.11 Å². The average molecular weight is 423 g/mol. The van der Waals surface area contributed by atoms with Gasteiger partial charge >= 0.3 is 0 Å². The van der Waals surface area contributed by atoms with Gasteiger partial charge in [0.1, 0.15) is 6.10 Å². The lowest BCUT2D eigenvalue weighted by Gasteiger charge is -2.47. The maximum atomic E-state index is 13.2. The number of benzene rings is 2. The second-order valence-electron chi connectivity index (χ2n) is 8.50. The second kappa shape index (κ2) is 9.20. The van der Waals surface area contributed by atoms with Gasteiger partial charge in [0.05, 0.1) is 18.6 Å². The van der Waals surface area contributed by atoms with Gasteiger partial charge in [-0.2, -0.15) is 0 Å². The summed E-state index contributed by atoms with van der Waals surface area (Å²) in [5, 5.41) is 10.2. The summed E-state index contributed by atoms with van der Waals surface area (Å²) in [7, 11) is 1.53. The molecule has 4 rings (SSSR count). The molecule has 2 aliphatic heterocycles. The van der Waals surface area contributed by atoms with E-state index in [0.717, 1.165) is 11.1 Å². The lowest BCUT2D eigenvalue weighted by Crippen LogP contribution is -2.57. The number of ether oxygens (including phenoxy) is 1. The Morgan fingerprint density at radius 3 is 2.16 bits per heavy atom. The quantitative estimate of drug-likeness (QED) is 0.775. The van der Waals surface area contributed by atoms with E-state index in [-0.39, 0.29) is 24.3 Å². The van der Waals surface area contributed by atoms with Gasteiger partial charge in [-0.05, 0) is 24.0 Å². The number of aliphatic hydroxyl groups excluding tert-OH is 1. The van der Waals surface area contributed by atoms with Gasteiger partial charge in [-0.1, -0.05) is 60.7 Å². The number of carbonyl (C=O) groups is 2. The molecule has 1 spiro atoms. The molecule has 2 aliphatic rings. The number of hydrogen-bond acceptors (Lipinski definition) is 4. The molecule has 0 saturated carbocycles. The first kappa shape index (κ1) is 21.5. The Kier molecular flexibility index (Phi) is 6.39. The van der Waals surface area contributed by atoms with E-state index in [4.69, 9.17) is 4.74 Å². The van der Waals surface area contributed by atoms with Gasteiger partial charge in [0.25, 0.3) is 5.91 Å². The van der Waals surface area contributed by atoms with Crippen molar-refractivity contribution in [2.75, 3.05) is 26.8 Å². The van der Waals surface area contributed by atoms with E-state index < -0.39 is 11.6 Å². The summed E-state index contributed by atoms with van der Waals surface area (Å²) < 4.78 is 5.54. The predicted octanol–water partition coefficient (Wildman–Crippen LogP) is 2.26. The highest BCUT2D eigenvalue weighted by Gasteiger charge is 2.59. The molecule has 2 amide bonds. The lowest BCUT2D eigenvalue weighted by molar-refractivity contribution is -0.140. The predicted molar refractivity (Wildman–Crippen MR) is 117 cm³/mol. The Hall–Kier alpha value is -2.70. The van der Waals surface area contributed by atoms with E-state index in [2.05, 4.69) is 0 Å². The van der Waals surface area contributed by atoms with Crippen LogP contribution in [-0.4, -0.2) is 65.2 Å². The first-order valence-corrected chi connectivity index (χ1v) is 10.9. The minimum absolute atomic E-state index is 0.0746. The summed E-state index contributed by atoms with van der Waals surface area (Å²) in [6.07, 6.45) is 0.999. The second-order valence-corrected chi connectivity index (χ2v) is 8.50. The van der Waals surface area contributed by atoms with Gasteiger partial charge < -0.3 is 19.6 Å². The highest BCUT2D eigenvalue weighted by Crippen LogP contribution is 2.45. The highest BCUT2D eigenvalue weighted by atomic mass is 16.5. The largest absolute Gasteiger partial charge is 0.396 e. The van der Waals surface area contributed by atoms with Crippen molar-refractivity contribution in [3.8, 4) is 0 Å². The third kappa shape index (κ3) is 4.10. The Morgan fingerprint density at radius 1 is 1.03 bits per heavy atom. The van der Waals surface area contributed by atoms with Gasteiger partial charge in [-0.25, -0.2) is 0 Å². The number of amides is 2. The molecule has 6 nitrogen and oxygen atoms in total. The Labute approximate surface area is 183 Å². The average Bonchev–Trinajstić information content (AvgIpc) is 3.02. The summed E-state index contributed by atoms with van der Waals surface area (Å²) in [5.74, 6) is -0.279. The van der Waals surface area contributed by atoms with Crippen molar-refractivity contribution in [1.29, 1.82) is 0 Å². The molecule has 2 fully saturated rings. The first-order chi connectivity index (χ1) is 15.1. The number of hydrogen-bond donors (Lipinski definition) is 1. The van der Waals surface area contributed by atoms with Crippen LogP contribution in [0.1, 0.15) is 24.0 Å². The zero-order chi connectivity index (χ0) is 21.8. The van der Waals surface area contributed by atoms with E-state index in [0.29, 0.717) is 38.9 Å². The highest BCUT2D eigenvalue weighted by molar-refractivity contribution is 5.85. The van der Waals surface area contributed by atoms with Crippen LogP contribution in [0, 0.1) is 5.92 Å². The molecule has 0 unspecified atom stereocenters. The summed E-state index contributed by atoms with van der Waals surface area (Å²) in [6, 6.07) is 19.6. The molecule has 31 heavy (non-hydrogen) atoms. The Bertz CT molecular complexity index is 894. The summed E-state index contributed by atoms with van der Waals surface area (Å²) in [4.78, 5) is 29.9. The molecule has 6 heteroatoms. The fourth-order valence-corrected chi connectivity index (χ4v) is 5.23. The molecule has 2 saturated heterocycles. The maximum absolute atomic E-state index is 13.2. The van der Waals surface area contributed by atoms with Crippen molar-refractivity contribution in [3.05, 3.63) is 71.8 Å². The van der Waals surface area contributed by atoms with Crippen LogP contribution in [0.15, 0.2) is 60.7 Å². The summed E-state index contributed by atoms with van der Waals surface area (Å²) in [5.41, 5.74) is 1.54. The van der Waals surface area contributed by atoms with E-state index in [1.54, 1.807) is 0 Å². The first-order valence-electron chi connectivity index (χ1n) is 10.9. The zero-order valence-corrected chi connectivity index (χ0v) is 17.9. The fourth-order valence-electron chi connectivity index (χ4n) is 5.23. The SMILES string of the molecule is CO[C@H]1C(=O)N(Cc2ccccc2)C2(CCN(C(=O)Cc3ccccc3)CC2)[C@@H]1CO. The number of carbonyl (C=O) groups excluding carboxylic acids is 2. The molecule has 2 heterocycles. The van der Waals surface area contributed by atoms with Crippen LogP contribution in [0.5, 0.6) is 0 Å². The molecule has 0 aromatic heterocycles. The molecule has 2 aromatic rings. The molecule has 164 valence electrons. The normalized spacial score (nSPS) is 22.8. The monoisotopic (exact) mass is 422 g/mol. The van der Waals surface area contributed by atoms with Crippen molar-refractivity contribution >= 4 is 11.8 Å². The molecule has 1 N–H and O–H groups in total. The topological polar surface area (TPSA) is 70.1 Å². The lowest BCUT2D eigenvalue weighted by atomic mass is 9.76. The van der Waals surface area contributed by atoms with Crippen LogP contribution in [-0.2, 0) is 27.3 Å². The van der Waals surface area contributed by atoms with E-state index in [1.807, 2.05) is 70.5 Å². The molecular formula is C25H30N2O4. The summed E-state index contributed by atoms with van der Waals surface area (Å²) >= 11 is 0. The van der Waals surface area contributed by atoms with Gasteiger partial charge in [0.15, 0.2) is 0 Å². The van der Waals surface area contributed by atoms with Crippen LogP contribution in [0.3, 0.4) is 0 Å². The number of piperidine rings is 1. The van der Waals surface area contributed by atoms with E-state index in [9.17, 15) is 14.7 Å². The van der Waals surface area contributed by atoms with Crippen LogP contribution in [0.2, 0.25) is 0 Å². The maximum Gasteiger partial charge on any atom is 0.252 e. The molecule has 0 aliphatic carbocycles. The number of likely N-dealkylation sites (tertiary alicyclic amines) is 2. The standard InChI is InChI=1S/C25H30N2O4/c1-31-23-21(18-28)25(27(24(23)30)17-20-10-6-3-7-11-20)12-14-26(15-13-25)22(29)16-19-8-4-2-5-9-19/h2-11,21,23,28H,12-18H2,1H3/t21-,23-/m1/s1. The van der Waals surface area contributed by atoms with Crippen molar-refractivity contribution in [2.45, 2.75) is 37.5 Å². The van der Waals surface area contributed by atoms with Crippen LogP contribution < -0.4 is 0 Å². The van der Waals surface area contributed by atoms with Gasteiger partial charge in [0, 0.05) is 32.7 Å². The third-order valence-corrected chi connectivity index (χ3v) is 6.92. The smallest absolute Gasteiger partial charge is 0.252 e. The van der Waals surface area contributed by atoms with Crippen LogP contribution in [0.4, 0.5) is 0 Å². The van der Waals surface area contributed by atoms with Crippen LogP contribution in [0.25, 0.3) is 0 Å². The van der Waals surface area contributed by atoms with Gasteiger partial charge in [-0.3, -0.25) is 9.59 Å². The van der Waals surface area contributed by atoms with Crippen molar-refractivity contribution < 1.29 is 19.4 Å². The Morgan fingerprint density at radius 2 is 1.61 bits per heavy atom. The van der Waals surface area contributed by atoms with Gasteiger partial charge in [0.2, 0.25) is 5.91 Å². The van der Waals surface area contributed by atoms with Crippen molar-refractivity contribution in [3.63, 3.8) is 0 Å². The number of rotatable bonds is 6. The molecule has 0 radical (unpaired) electrons. The van der Waals surface area contributed by atoms with Crippen molar-refractivity contribution in [1.82, 2.24) is 9.80 Å². The number of methoxy groups -OCH3 is 1. The fraction of sp³-hybridized carbons (Fsp3) is 0.440. The number of aliphatic hydroxyl groups is 1. The molecular weight excluding hydrogens is 392 g/mol. The minimum Gasteiger partial charge on any atom is -0.396 e. The zero-order valence-electron chi connectivity index (χ0n) is 17.9. The Balaban J connectivity index is 1.53. The van der Waals surface area contributed by atoms with Gasteiger partial charge in [-0.15, -0.1) is 0 Å². The molecule has 2 atom stereocenters. The third-order valence-electron chi connectivity index (χ3n) is 6.92. The minimum atomic E-state index is -0.653. The molecule has 0 bridgehead atoms.